The summed E-state index contributed by atoms with van der Waals surface area (Å²) in [6, 6.07) is 0. The van der Waals surface area contributed by atoms with Gasteiger partial charge in [-0.15, -0.1) is 0 Å². The van der Waals surface area contributed by atoms with Crippen molar-refractivity contribution in [1.29, 1.82) is 0 Å². The minimum Gasteiger partial charge on any atom is -0.394 e. The molecule has 0 atom stereocenters. The Balaban J connectivity index is 1.97. The number of hydrogen-bond acceptors (Lipinski definition) is 4. The zero-order valence-corrected chi connectivity index (χ0v) is 5.79. The smallest absolute Gasteiger partial charge is 0.120 e. The summed E-state index contributed by atoms with van der Waals surface area (Å²) in [5.74, 6) is 0. The van der Waals surface area contributed by atoms with Crippen molar-refractivity contribution in [3.05, 3.63) is 12.4 Å². The van der Waals surface area contributed by atoms with Crippen molar-refractivity contribution in [3.8, 4) is 0 Å². The van der Waals surface area contributed by atoms with Crippen LogP contribution in [-0.4, -0.2) is 36.6 Å². The van der Waals surface area contributed by atoms with Crippen molar-refractivity contribution in [2.45, 2.75) is 0 Å². The van der Waals surface area contributed by atoms with Gasteiger partial charge >= 0.3 is 0 Å². The van der Waals surface area contributed by atoms with E-state index in [1.165, 1.54) is 0 Å². The quantitative estimate of drug-likeness (QED) is 0.511. The Morgan fingerprint density at radius 3 is 3.20 bits per heavy atom. The Kier molecular flexibility index (Phi) is 3.05. The normalized spacial score (nSPS) is 15.9. The van der Waals surface area contributed by atoms with Gasteiger partial charge in [0.05, 0.1) is 19.9 Å². The summed E-state index contributed by atoms with van der Waals surface area (Å²) >= 11 is 0. The van der Waals surface area contributed by atoms with Crippen LogP contribution in [0.2, 0.25) is 0 Å². The maximum atomic E-state index is 8.36. The van der Waals surface area contributed by atoms with Crippen molar-refractivity contribution in [2.24, 2.45) is 0 Å². The van der Waals surface area contributed by atoms with E-state index in [0.717, 1.165) is 6.67 Å². The van der Waals surface area contributed by atoms with Crippen LogP contribution in [-0.2, 0) is 4.74 Å². The molecule has 1 rings (SSSR count). The van der Waals surface area contributed by atoms with Crippen LogP contribution in [0.1, 0.15) is 0 Å². The number of nitrogens with one attached hydrogen (secondary N) is 1. The molecule has 0 aromatic heterocycles. The van der Waals surface area contributed by atoms with Crippen LogP contribution < -0.4 is 5.32 Å². The maximum Gasteiger partial charge on any atom is 0.120 e. The summed E-state index contributed by atoms with van der Waals surface area (Å²) in [6.07, 6.45) is 3.78. The number of hydrogen-bond donors (Lipinski definition) is 2. The lowest BCUT2D eigenvalue weighted by molar-refractivity contribution is 0.0343. The van der Waals surface area contributed by atoms with Crippen LogP contribution in [0.15, 0.2) is 12.4 Å². The van der Waals surface area contributed by atoms with E-state index < -0.39 is 0 Å². The fraction of sp³-hybridized carbons (Fsp3) is 0.667. The van der Waals surface area contributed by atoms with Gasteiger partial charge in [-0.1, -0.05) is 0 Å². The summed E-state index contributed by atoms with van der Waals surface area (Å²) < 4.78 is 5.05. The summed E-state index contributed by atoms with van der Waals surface area (Å²) in [5, 5.41) is 11.4. The second kappa shape index (κ2) is 4.14. The van der Waals surface area contributed by atoms with Gasteiger partial charge in [-0.3, -0.25) is 0 Å². The fourth-order valence-electron chi connectivity index (χ4n) is 0.716. The van der Waals surface area contributed by atoms with Crippen LogP contribution in [0, 0.1) is 0 Å². The Labute approximate surface area is 60.1 Å². The molecule has 0 aliphatic carbocycles. The fourth-order valence-corrected chi connectivity index (χ4v) is 0.716. The molecule has 1 aliphatic heterocycles. The Bertz CT molecular complexity index is 116. The van der Waals surface area contributed by atoms with Crippen LogP contribution in [0.4, 0.5) is 0 Å². The lowest BCUT2D eigenvalue weighted by Gasteiger charge is -2.13. The molecule has 0 spiro atoms. The highest BCUT2D eigenvalue weighted by Gasteiger charge is 2.00. The largest absolute Gasteiger partial charge is 0.394 e. The molecule has 0 amide bonds. The third-order valence-corrected chi connectivity index (χ3v) is 1.19. The Morgan fingerprint density at radius 2 is 2.60 bits per heavy atom. The molecule has 0 aromatic rings. The van der Waals surface area contributed by atoms with Gasteiger partial charge in [0.2, 0.25) is 0 Å². The summed E-state index contributed by atoms with van der Waals surface area (Å²) in [4.78, 5) is 1.97. The molecule has 4 nitrogen and oxygen atoms in total. The average Bonchev–Trinajstić information content (AvgIpc) is 2.41. The topological polar surface area (TPSA) is 44.7 Å². The Hall–Kier alpha value is -0.740. The van der Waals surface area contributed by atoms with Crippen molar-refractivity contribution in [3.63, 3.8) is 0 Å². The number of ether oxygens (including phenoxy) is 1. The summed E-state index contributed by atoms with van der Waals surface area (Å²) in [7, 11) is 0. The minimum atomic E-state index is 0.0883. The number of aliphatic hydroxyl groups excluding tert-OH is 1. The average molecular weight is 144 g/mol. The highest BCUT2D eigenvalue weighted by molar-refractivity contribution is 4.85. The first kappa shape index (κ1) is 7.37. The first-order valence-electron chi connectivity index (χ1n) is 3.26. The predicted octanol–water partition coefficient (Wildman–Crippen LogP) is -0.713. The van der Waals surface area contributed by atoms with E-state index in [4.69, 9.17) is 9.84 Å². The van der Waals surface area contributed by atoms with Gasteiger partial charge in [0.25, 0.3) is 0 Å². The van der Waals surface area contributed by atoms with E-state index in [-0.39, 0.29) is 6.61 Å². The molecule has 0 unspecified atom stereocenters. The zero-order chi connectivity index (χ0) is 7.23. The van der Waals surface area contributed by atoms with Crippen molar-refractivity contribution >= 4 is 0 Å². The molecule has 58 valence electrons. The van der Waals surface area contributed by atoms with Gasteiger partial charge in [0.1, 0.15) is 6.73 Å². The molecule has 0 bridgehead atoms. The second-order valence-electron chi connectivity index (χ2n) is 2.03. The lowest BCUT2D eigenvalue weighted by atomic mass is 10.8. The molecule has 0 saturated carbocycles. The molecule has 0 saturated heterocycles. The third kappa shape index (κ3) is 2.24. The van der Waals surface area contributed by atoms with E-state index in [1.807, 2.05) is 17.3 Å². The molecule has 0 radical (unpaired) electrons. The number of aliphatic hydroxyl groups is 1. The first-order valence-corrected chi connectivity index (χ1v) is 3.26. The summed E-state index contributed by atoms with van der Waals surface area (Å²) in [6.45, 7) is 1.84. The molecule has 1 aliphatic rings. The molecule has 0 fully saturated rings. The zero-order valence-electron chi connectivity index (χ0n) is 5.79. The van der Waals surface area contributed by atoms with E-state index in [1.54, 1.807) is 0 Å². The standard InChI is InChI=1S/C6H12N2O2/c9-3-4-10-6-8-2-1-7-5-8/h1-2,7,9H,3-6H2. The van der Waals surface area contributed by atoms with Crippen molar-refractivity contribution in [2.75, 3.05) is 26.6 Å². The van der Waals surface area contributed by atoms with Crippen LogP contribution in [0.5, 0.6) is 0 Å². The van der Waals surface area contributed by atoms with Gasteiger partial charge < -0.3 is 20.1 Å². The molecular weight excluding hydrogens is 132 g/mol. The maximum absolute atomic E-state index is 8.36. The van der Waals surface area contributed by atoms with E-state index in [9.17, 15) is 0 Å². The minimum absolute atomic E-state index is 0.0883. The van der Waals surface area contributed by atoms with E-state index >= 15 is 0 Å². The van der Waals surface area contributed by atoms with Crippen molar-refractivity contribution < 1.29 is 9.84 Å². The van der Waals surface area contributed by atoms with Crippen LogP contribution in [0.3, 0.4) is 0 Å². The molecular formula is C6H12N2O2. The first-order chi connectivity index (χ1) is 4.93. The van der Waals surface area contributed by atoms with Gasteiger partial charge in [0.15, 0.2) is 0 Å². The van der Waals surface area contributed by atoms with Crippen LogP contribution >= 0.6 is 0 Å². The molecule has 0 aromatic carbocycles. The monoisotopic (exact) mass is 144 g/mol. The van der Waals surface area contributed by atoms with Gasteiger partial charge in [-0.05, 0) is 0 Å². The SMILES string of the molecule is OCCOCN1C=CNC1. The van der Waals surface area contributed by atoms with Crippen molar-refractivity contribution in [1.82, 2.24) is 10.2 Å². The van der Waals surface area contributed by atoms with Gasteiger partial charge in [-0.25, -0.2) is 0 Å². The van der Waals surface area contributed by atoms with E-state index in [2.05, 4.69) is 5.32 Å². The van der Waals surface area contributed by atoms with Gasteiger partial charge in [-0.2, -0.15) is 0 Å². The lowest BCUT2D eigenvalue weighted by Crippen LogP contribution is -2.24. The van der Waals surface area contributed by atoms with Crippen LogP contribution in [0.25, 0.3) is 0 Å². The molecule has 4 heteroatoms. The van der Waals surface area contributed by atoms with Gasteiger partial charge in [0, 0.05) is 12.4 Å². The highest BCUT2D eigenvalue weighted by atomic mass is 16.5. The summed E-state index contributed by atoms with van der Waals surface area (Å²) in [5.41, 5.74) is 0. The molecule has 10 heavy (non-hydrogen) atoms. The van der Waals surface area contributed by atoms with E-state index in [0.29, 0.717) is 13.3 Å². The Morgan fingerprint density at radius 1 is 1.70 bits per heavy atom. The molecule has 1 heterocycles. The molecule has 2 N–H and O–H groups in total. The second-order valence-corrected chi connectivity index (χ2v) is 2.03. The number of rotatable bonds is 4. The number of nitrogens with zero attached hydrogens (tertiary/aromatic N) is 1. The third-order valence-electron chi connectivity index (χ3n) is 1.19. The predicted molar refractivity (Wildman–Crippen MR) is 36.9 cm³/mol. The highest BCUT2D eigenvalue weighted by Crippen LogP contribution is 1.93.